The molecule has 52 heavy (non-hydrogen) atoms. The van der Waals surface area contributed by atoms with Crippen molar-refractivity contribution in [2.24, 2.45) is 17.8 Å². The monoisotopic (exact) mass is 742 g/mol. The molecule has 0 bridgehead atoms. The van der Waals surface area contributed by atoms with Crippen LogP contribution in [-0.4, -0.2) is 148 Å². The van der Waals surface area contributed by atoms with Crippen LogP contribution in [0.3, 0.4) is 0 Å². The molecular formula is C39H70N2O11. The van der Waals surface area contributed by atoms with Crippen LogP contribution in [-0.2, 0) is 28.5 Å². The van der Waals surface area contributed by atoms with Crippen molar-refractivity contribution in [3.8, 4) is 12.3 Å². The zero-order valence-electron chi connectivity index (χ0n) is 33.4. The fraction of sp³-hybridized carbons (Fsp3) is 0.923. The smallest absolute Gasteiger partial charge is 0.309 e. The molecule has 3 fully saturated rings. The number of nitrogens with one attached hydrogen (secondary N) is 1. The van der Waals surface area contributed by atoms with Gasteiger partial charge in [-0.25, -0.2) is 0 Å². The van der Waals surface area contributed by atoms with Crippen molar-refractivity contribution in [1.29, 1.82) is 0 Å². The first-order valence-corrected chi connectivity index (χ1v) is 19.2. The molecule has 0 aromatic heterocycles. The molecule has 302 valence electrons. The van der Waals surface area contributed by atoms with E-state index in [4.69, 9.17) is 30.1 Å². The second-order valence-corrected chi connectivity index (χ2v) is 16.6. The molecule has 3 saturated heterocycles. The van der Waals surface area contributed by atoms with Crippen molar-refractivity contribution in [2.45, 2.75) is 185 Å². The van der Waals surface area contributed by atoms with Crippen LogP contribution in [0.25, 0.3) is 0 Å². The van der Waals surface area contributed by atoms with E-state index in [0.717, 1.165) is 0 Å². The molecule has 6 N–H and O–H groups in total. The van der Waals surface area contributed by atoms with Gasteiger partial charge in [-0.05, 0) is 86.7 Å². The SMILES string of the molecule is C#CCCN(C)[C@H]1C[C@@H](C)O[C@@H](O[C@@H]2[C@@H](C)[C@H](C3C[C@@](C)(OC)[C@@H](O)[C@H](C)O3)[C@@H](C)C(=O)O[C@H](CC)[C@@](C)(O)[C@H](O)[C@@H](C)NCCC[C@@]2(C)O)[C@@H]1O. The fourth-order valence-corrected chi connectivity index (χ4v) is 8.88. The highest BCUT2D eigenvalue weighted by atomic mass is 16.7. The molecule has 3 aliphatic heterocycles. The van der Waals surface area contributed by atoms with Gasteiger partial charge in [0.25, 0.3) is 0 Å². The standard InChI is InChI=1S/C39H70N2O11/c1-13-15-19-41(11)27-20-22(3)49-36(31(27)42)52-34-23(4)30(28-21-38(9,48-12)33(44)26(7)50-28)24(5)35(45)51-29(14-2)39(10,47)32(43)25(6)40-18-16-17-37(34,8)46/h1,22-34,36,40,42-44,46-47H,14-21H2,2-12H3/t22-,23+,24-,25-,26+,27+,28?,29-,30+,31-,32-,33+,34-,36+,37-,38-,39-/m1/s1. The molecule has 0 radical (unpaired) electrons. The number of aliphatic hydroxyl groups excluding tert-OH is 3. The summed E-state index contributed by atoms with van der Waals surface area (Å²) < 4.78 is 31.4. The van der Waals surface area contributed by atoms with Crippen LogP contribution in [0.5, 0.6) is 0 Å². The highest BCUT2D eigenvalue weighted by Crippen LogP contribution is 2.44. The maximum atomic E-state index is 14.3. The molecule has 0 aromatic carbocycles. The molecule has 17 atom stereocenters. The Hall–Kier alpha value is -1.41. The summed E-state index contributed by atoms with van der Waals surface area (Å²) in [5, 5.41) is 61.3. The van der Waals surface area contributed by atoms with E-state index < -0.39 is 95.6 Å². The van der Waals surface area contributed by atoms with Gasteiger partial charge < -0.3 is 54.5 Å². The summed E-state index contributed by atoms with van der Waals surface area (Å²) in [6.07, 6.45) is -0.287. The second kappa shape index (κ2) is 18.5. The summed E-state index contributed by atoms with van der Waals surface area (Å²) in [5.41, 5.74) is -4.31. The van der Waals surface area contributed by atoms with Gasteiger partial charge in [0.2, 0.25) is 0 Å². The molecular weight excluding hydrogens is 672 g/mol. The lowest BCUT2D eigenvalue weighted by atomic mass is 9.69. The maximum Gasteiger partial charge on any atom is 0.309 e. The summed E-state index contributed by atoms with van der Waals surface area (Å²) in [6, 6.07) is -0.892. The zero-order chi connectivity index (χ0) is 39.3. The van der Waals surface area contributed by atoms with E-state index in [1.807, 2.05) is 25.8 Å². The third-order valence-electron chi connectivity index (χ3n) is 12.4. The molecule has 3 heterocycles. The maximum absolute atomic E-state index is 14.3. The Morgan fingerprint density at radius 3 is 2.31 bits per heavy atom. The lowest BCUT2D eigenvalue weighted by Gasteiger charge is -2.51. The van der Waals surface area contributed by atoms with Crippen molar-refractivity contribution >= 4 is 5.97 Å². The minimum atomic E-state index is -1.78. The summed E-state index contributed by atoms with van der Waals surface area (Å²) >= 11 is 0. The number of terminal acetylenes is 1. The molecule has 1 unspecified atom stereocenters. The summed E-state index contributed by atoms with van der Waals surface area (Å²) in [6.45, 7) is 16.7. The molecule has 3 rings (SSSR count). The molecule has 13 heteroatoms. The van der Waals surface area contributed by atoms with Crippen molar-refractivity contribution in [2.75, 3.05) is 27.2 Å². The first kappa shape index (κ1) is 45.0. The number of carbonyl (C=O) groups excluding carboxylic acids is 1. The Labute approximate surface area is 312 Å². The number of aliphatic hydroxyl groups is 5. The first-order chi connectivity index (χ1) is 24.2. The average molecular weight is 743 g/mol. The second-order valence-electron chi connectivity index (χ2n) is 16.6. The van der Waals surface area contributed by atoms with Crippen LogP contribution < -0.4 is 5.32 Å². The minimum absolute atomic E-state index is 0.215. The van der Waals surface area contributed by atoms with Gasteiger partial charge in [0, 0.05) is 44.5 Å². The van der Waals surface area contributed by atoms with Crippen LogP contribution in [0.15, 0.2) is 0 Å². The Kier molecular flexibility index (Phi) is 16.0. The first-order valence-electron chi connectivity index (χ1n) is 19.2. The number of methoxy groups -OCH3 is 1. The van der Waals surface area contributed by atoms with Gasteiger partial charge in [-0.3, -0.25) is 9.69 Å². The highest BCUT2D eigenvalue weighted by molar-refractivity contribution is 5.73. The normalized spacial score (nSPS) is 47.6. The number of nitrogens with zero attached hydrogens (tertiary/aromatic N) is 1. The van der Waals surface area contributed by atoms with Crippen LogP contribution in [0.1, 0.15) is 101 Å². The van der Waals surface area contributed by atoms with Gasteiger partial charge in [-0.1, -0.05) is 20.8 Å². The highest BCUT2D eigenvalue weighted by Gasteiger charge is 2.54. The summed E-state index contributed by atoms with van der Waals surface area (Å²) in [7, 11) is 3.43. The third-order valence-corrected chi connectivity index (χ3v) is 12.4. The Bertz CT molecular complexity index is 1180. The van der Waals surface area contributed by atoms with Crippen LogP contribution in [0, 0.1) is 30.1 Å². The number of cyclic esters (lactones) is 1. The van der Waals surface area contributed by atoms with E-state index in [1.165, 1.54) is 14.0 Å². The van der Waals surface area contributed by atoms with Gasteiger partial charge in [-0.2, -0.15) is 0 Å². The van der Waals surface area contributed by atoms with Gasteiger partial charge in [0.05, 0.1) is 41.5 Å². The molecule has 0 aromatic rings. The number of hydrogen-bond donors (Lipinski definition) is 6. The number of ether oxygens (including phenoxy) is 5. The van der Waals surface area contributed by atoms with Gasteiger partial charge in [-0.15, -0.1) is 12.3 Å². The lowest BCUT2D eigenvalue weighted by Crippen LogP contribution is -2.62. The van der Waals surface area contributed by atoms with Gasteiger partial charge >= 0.3 is 5.97 Å². The fourth-order valence-electron chi connectivity index (χ4n) is 8.88. The van der Waals surface area contributed by atoms with E-state index in [9.17, 15) is 30.3 Å². The van der Waals surface area contributed by atoms with E-state index in [1.54, 1.807) is 41.5 Å². The Morgan fingerprint density at radius 2 is 1.71 bits per heavy atom. The van der Waals surface area contributed by atoms with E-state index >= 15 is 0 Å². The van der Waals surface area contributed by atoms with E-state index in [0.29, 0.717) is 32.4 Å². The van der Waals surface area contributed by atoms with Crippen molar-refractivity contribution in [1.82, 2.24) is 10.2 Å². The predicted molar refractivity (Wildman–Crippen MR) is 196 cm³/mol. The van der Waals surface area contributed by atoms with Crippen LogP contribution >= 0.6 is 0 Å². The zero-order valence-corrected chi connectivity index (χ0v) is 33.4. The van der Waals surface area contributed by atoms with E-state index in [-0.39, 0.29) is 31.4 Å². The van der Waals surface area contributed by atoms with Gasteiger partial charge in [0.15, 0.2) is 6.29 Å². The summed E-state index contributed by atoms with van der Waals surface area (Å²) in [4.78, 5) is 16.3. The minimum Gasteiger partial charge on any atom is -0.459 e. The average Bonchev–Trinajstić information content (AvgIpc) is 3.09. The van der Waals surface area contributed by atoms with Crippen LogP contribution in [0.2, 0.25) is 0 Å². The predicted octanol–water partition coefficient (Wildman–Crippen LogP) is 1.98. The van der Waals surface area contributed by atoms with Crippen molar-refractivity contribution < 1.29 is 54.0 Å². The molecule has 3 aliphatic rings. The molecule has 0 amide bonds. The van der Waals surface area contributed by atoms with Crippen molar-refractivity contribution in [3.63, 3.8) is 0 Å². The molecule has 0 aliphatic carbocycles. The third kappa shape index (κ3) is 10.1. The van der Waals surface area contributed by atoms with E-state index in [2.05, 4.69) is 11.2 Å². The number of rotatable bonds is 8. The summed E-state index contributed by atoms with van der Waals surface area (Å²) in [5.74, 6) is -0.161. The lowest BCUT2D eigenvalue weighted by molar-refractivity contribution is -0.302. The molecule has 13 nitrogen and oxygen atoms in total. The number of likely N-dealkylation sites (N-methyl/N-ethyl adjacent to an activating group) is 1. The number of esters is 1. The van der Waals surface area contributed by atoms with Crippen LogP contribution in [0.4, 0.5) is 0 Å². The number of hydrogen-bond acceptors (Lipinski definition) is 13. The quantitative estimate of drug-likeness (QED) is 0.157. The molecule has 0 saturated carbocycles. The number of carbonyl (C=O) groups is 1. The topological polar surface area (TPSA) is 180 Å². The van der Waals surface area contributed by atoms with Crippen molar-refractivity contribution in [3.05, 3.63) is 0 Å². The van der Waals surface area contributed by atoms with Gasteiger partial charge in [0.1, 0.15) is 30.0 Å². The Morgan fingerprint density at radius 1 is 1.06 bits per heavy atom. The molecule has 0 spiro atoms. The largest absolute Gasteiger partial charge is 0.459 e. The Balaban J connectivity index is 2.16.